The van der Waals surface area contributed by atoms with Crippen molar-refractivity contribution in [3.63, 3.8) is 0 Å². The van der Waals surface area contributed by atoms with Crippen LogP contribution in [0.2, 0.25) is 0 Å². The summed E-state index contributed by atoms with van der Waals surface area (Å²) in [5, 5.41) is 7.07. The number of rotatable bonds is 2. The maximum absolute atomic E-state index is 13.2. The van der Waals surface area contributed by atoms with Gasteiger partial charge in [0.15, 0.2) is 10.6 Å². The number of nitrogens with one attached hydrogen (secondary N) is 1. The van der Waals surface area contributed by atoms with Crippen molar-refractivity contribution in [3.05, 3.63) is 64.7 Å². The smallest absolute Gasteiger partial charge is 0.200 e. The van der Waals surface area contributed by atoms with E-state index in [0.717, 1.165) is 16.8 Å². The van der Waals surface area contributed by atoms with Crippen molar-refractivity contribution >= 4 is 12.2 Å². The number of hydrogen-bond acceptors (Lipinski definition) is 2. The third-order valence-corrected chi connectivity index (χ3v) is 3.39. The summed E-state index contributed by atoms with van der Waals surface area (Å²) < 4.78 is 15.6. The standard InChI is InChI=1S/C15H12FN3S/c1-10-9-11(16)7-8-13(10)14-17-18-15(20)19(14)12-5-3-2-4-6-12/h2-9H,1H3,(H,18,20). The minimum Gasteiger partial charge on any atom is -0.268 e. The number of hydrogen-bond donors (Lipinski definition) is 1. The number of halogens is 1. The molecule has 2 aromatic carbocycles. The van der Waals surface area contributed by atoms with Crippen LogP contribution in [0.15, 0.2) is 48.5 Å². The molecule has 3 rings (SSSR count). The van der Waals surface area contributed by atoms with Crippen molar-refractivity contribution in [2.75, 3.05) is 0 Å². The molecule has 3 aromatic rings. The van der Waals surface area contributed by atoms with E-state index in [1.165, 1.54) is 12.1 Å². The summed E-state index contributed by atoms with van der Waals surface area (Å²) in [5.74, 6) is 0.422. The lowest BCUT2D eigenvalue weighted by Gasteiger charge is -2.09. The average molecular weight is 285 g/mol. The van der Waals surface area contributed by atoms with Crippen LogP contribution in [0, 0.1) is 17.5 Å². The maximum Gasteiger partial charge on any atom is 0.200 e. The lowest BCUT2D eigenvalue weighted by atomic mass is 10.1. The van der Waals surface area contributed by atoms with E-state index in [1.54, 1.807) is 6.07 Å². The number of aromatic amines is 1. The van der Waals surface area contributed by atoms with Gasteiger partial charge in [-0.2, -0.15) is 5.10 Å². The van der Waals surface area contributed by atoms with Gasteiger partial charge in [-0.3, -0.25) is 9.67 Å². The molecule has 0 bridgehead atoms. The highest BCUT2D eigenvalue weighted by Crippen LogP contribution is 2.25. The summed E-state index contributed by atoms with van der Waals surface area (Å²) in [7, 11) is 0. The molecule has 1 heterocycles. The minimum absolute atomic E-state index is 0.258. The molecule has 3 nitrogen and oxygen atoms in total. The van der Waals surface area contributed by atoms with Crippen molar-refractivity contribution in [1.82, 2.24) is 14.8 Å². The summed E-state index contributed by atoms with van der Waals surface area (Å²) >= 11 is 5.29. The van der Waals surface area contributed by atoms with E-state index in [4.69, 9.17) is 12.2 Å². The van der Waals surface area contributed by atoms with Crippen LogP contribution in [-0.4, -0.2) is 14.8 Å². The molecule has 0 saturated heterocycles. The van der Waals surface area contributed by atoms with Gasteiger partial charge in [-0.1, -0.05) is 18.2 Å². The van der Waals surface area contributed by atoms with Crippen molar-refractivity contribution in [1.29, 1.82) is 0 Å². The average Bonchev–Trinajstić information content (AvgIpc) is 2.81. The summed E-state index contributed by atoms with van der Waals surface area (Å²) in [6.45, 7) is 1.85. The second-order valence-electron chi connectivity index (χ2n) is 4.48. The van der Waals surface area contributed by atoms with Crippen LogP contribution in [-0.2, 0) is 0 Å². The molecule has 0 radical (unpaired) electrons. The molecule has 0 aliphatic carbocycles. The Morgan fingerprint density at radius 3 is 2.60 bits per heavy atom. The molecule has 0 fully saturated rings. The number of benzene rings is 2. The molecule has 5 heteroatoms. The molecule has 0 amide bonds. The summed E-state index contributed by atoms with van der Waals surface area (Å²) in [4.78, 5) is 0. The number of H-pyrrole nitrogens is 1. The van der Waals surface area contributed by atoms with Gasteiger partial charge in [0.2, 0.25) is 0 Å². The first kappa shape index (κ1) is 12.7. The van der Waals surface area contributed by atoms with Crippen LogP contribution in [0.5, 0.6) is 0 Å². The lowest BCUT2D eigenvalue weighted by Crippen LogP contribution is -1.98. The zero-order valence-electron chi connectivity index (χ0n) is 10.8. The Morgan fingerprint density at radius 2 is 1.90 bits per heavy atom. The van der Waals surface area contributed by atoms with Gasteiger partial charge in [0, 0.05) is 11.3 Å². The Morgan fingerprint density at radius 1 is 1.15 bits per heavy atom. The van der Waals surface area contributed by atoms with E-state index >= 15 is 0 Å². The van der Waals surface area contributed by atoms with Crippen LogP contribution in [0.4, 0.5) is 4.39 Å². The molecule has 1 aromatic heterocycles. The molecule has 0 aliphatic heterocycles. The van der Waals surface area contributed by atoms with Crippen molar-refractivity contribution in [2.24, 2.45) is 0 Å². The molecule has 0 saturated carbocycles. The number of aryl methyl sites for hydroxylation is 1. The Balaban J connectivity index is 2.24. The second-order valence-corrected chi connectivity index (χ2v) is 4.87. The van der Waals surface area contributed by atoms with Gasteiger partial charge in [0.1, 0.15) is 5.82 Å². The number of para-hydroxylation sites is 1. The molecule has 0 unspecified atom stereocenters. The minimum atomic E-state index is -0.258. The highest BCUT2D eigenvalue weighted by Gasteiger charge is 2.12. The van der Waals surface area contributed by atoms with Crippen LogP contribution < -0.4 is 0 Å². The zero-order valence-corrected chi connectivity index (χ0v) is 11.6. The molecule has 0 aliphatic rings. The molecule has 100 valence electrons. The summed E-state index contributed by atoms with van der Waals surface area (Å²) in [5.41, 5.74) is 2.59. The first-order valence-corrected chi connectivity index (χ1v) is 6.57. The SMILES string of the molecule is Cc1cc(F)ccc1-c1n[nH]c(=S)n1-c1ccccc1. The lowest BCUT2D eigenvalue weighted by molar-refractivity contribution is 0.627. The molecular weight excluding hydrogens is 273 g/mol. The summed E-state index contributed by atoms with van der Waals surface area (Å²) in [6.07, 6.45) is 0. The van der Waals surface area contributed by atoms with Gasteiger partial charge >= 0.3 is 0 Å². The van der Waals surface area contributed by atoms with Gasteiger partial charge in [0.25, 0.3) is 0 Å². The van der Waals surface area contributed by atoms with E-state index < -0.39 is 0 Å². The van der Waals surface area contributed by atoms with Crippen molar-refractivity contribution in [2.45, 2.75) is 6.92 Å². The molecule has 0 atom stereocenters. The van der Waals surface area contributed by atoms with Crippen LogP contribution in [0.25, 0.3) is 17.1 Å². The third kappa shape index (κ3) is 2.16. The molecule has 0 spiro atoms. The van der Waals surface area contributed by atoms with E-state index in [0.29, 0.717) is 10.6 Å². The van der Waals surface area contributed by atoms with E-state index in [-0.39, 0.29) is 5.82 Å². The Hall–Kier alpha value is -2.27. The fourth-order valence-electron chi connectivity index (χ4n) is 2.17. The normalized spacial score (nSPS) is 10.7. The number of nitrogens with zero attached hydrogens (tertiary/aromatic N) is 2. The predicted molar refractivity (Wildman–Crippen MR) is 78.9 cm³/mol. The molecule has 20 heavy (non-hydrogen) atoms. The summed E-state index contributed by atoms with van der Waals surface area (Å²) in [6, 6.07) is 14.3. The van der Waals surface area contributed by atoms with Crippen molar-refractivity contribution < 1.29 is 4.39 Å². The predicted octanol–water partition coefficient (Wildman–Crippen LogP) is 4.04. The van der Waals surface area contributed by atoms with Crippen LogP contribution in [0.1, 0.15) is 5.56 Å². The van der Waals surface area contributed by atoms with E-state index in [2.05, 4.69) is 10.2 Å². The first-order valence-electron chi connectivity index (χ1n) is 6.16. The zero-order chi connectivity index (χ0) is 14.1. The van der Waals surface area contributed by atoms with Crippen molar-refractivity contribution in [3.8, 4) is 17.1 Å². The van der Waals surface area contributed by atoms with Gasteiger partial charge in [0.05, 0.1) is 0 Å². The molecular formula is C15H12FN3S. The third-order valence-electron chi connectivity index (χ3n) is 3.12. The molecule has 1 N–H and O–H groups in total. The van der Waals surface area contributed by atoms with Crippen LogP contribution in [0.3, 0.4) is 0 Å². The Labute approximate surface area is 120 Å². The van der Waals surface area contributed by atoms with Gasteiger partial charge in [-0.05, 0) is 55.0 Å². The first-order chi connectivity index (χ1) is 9.66. The maximum atomic E-state index is 13.2. The van der Waals surface area contributed by atoms with Gasteiger partial charge in [-0.15, -0.1) is 0 Å². The number of aromatic nitrogens is 3. The Bertz CT molecular complexity index is 805. The largest absolute Gasteiger partial charge is 0.268 e. The topological polar surface area (TPSA) is 33.6 Å². The Kier molecular flexibility index (Phi) is 3.20. The fraction of sp³-hybridized carbons (Fsp3) is 0.0667. The van der Waals surface area contributed by atoms with E-state index in [9.17, 15) is 4.39 Å². The highest BCUT2D eigenvalue weighted by molar-refractivity contribution is 7.71. The second kappa shape index (κ2) is 5.02. The quantitative estimate of drug-likeness (QED) is 0.721. The highest BCUT2D eigenvalue weighted by atomic mass is 32.1. The fourth-order valence-corrected chi connectivity index (χ4v) is 2.41. The van der Waals surface area contributed by atoms with Gasteiger partial charge < -0.3 is 0 Å². The van der Waals surface area contributed by atoms with Crippen LogP contribution >= 0.6 is 12.2 Å². The van der Waals surface area contributed by atoms with Gasteiger partial charge in [-0.25, -0.2) is 4.39 Å². The monoisotopic (exact) mass is 285 g/mol. The van der Waals surface area contributed by atoms with E-state index in [1.807, 2.05) is 41.8 Å².